The van der Waals surface area contributed by atoms with E-state index in [4.69, 9.17) is 5.73 Å². The largest absolute Gasteiger partial charge is 0.394 e. The van der Waals surface area contributed by atoms with Crippen molar-refractivity contribution in [2.75, 3.05) is 34.3 Å². The molecule has 14 nitrogen and oxygen atoms in total. The molecule has 0 unspecified atom stereocenters. The maximum atomic E-state index is 13.7. The Morgan fingerprint density at radius 2 is 1.27 bits per heavy atom. The summed E-state index contributed by atoms with van der Waals surface area (Å²) in [5, 5.41) is 22.8. The van der Waals surface area contributed by atoms with Crippen molar-refractivity contribution < 1.29 is 38.4 Å². The van der Waals surface area contributed by atoms with Crippen molar-refractivity contribution in [2.45, 2.75) is 96.9 Å². The molecule has 0 fully saturated rings. The number of nitrogens with one attached hydrogen (secondary N) is 5. The number of nitrogens with two attached hydrogens (primary N) is 1. The van der Waals surface area contributed by atoms with Gasteiger partial charge in [0, 0.05) is 13.3 Å². The number of nitrogens with zero attached hydrogens (tertiary/aromatic N) is 1. The standard InChI is InChI=1S/C34H57N7O7/c1-21(2)18-26(32(46)37-25(16-12-13-17-41(6,7)8)31(45)39-28(20-42)30(35)44)38-34(48)29(22(3)4)40-33(47)27(36-23(5)43)19-24-14-10-9-11-15-24/h9-11,14-15,21-22,25-29,42H,12-13,16-20H2,1-8H3,(H6-,35,36,37,38,39,40,43,44,45,46,47,48)/p+1/t25-,26-,27-,28-,29-/m0/s1. The van der Waals surface area contributed by atoms with Crippen LogP contribution in [0.4, 0.5) is 0 Å². The van der Waals surface area contributed by atoms with E-state index < -0.39 is 72.3 Å². The first-order chi connectivity index (χ1) is 22.3. The van der Waals surface area contributed by atoms with E-state index >= 15 is 0 Å². The third kappa shape index (κ3) is 16.2. The number of amides is 6. The third-order valence-corrected chi connectivity index (χ3v) is 7.61. The molecule has 8 N–H and O–H groups in total. The van der Waals surface area contributed by atoms with E-state index in [1.165, 1.54) is 6.92 Å². The highest BCUT2D eigenvalue weighted by Gasteiger charge is 2.33. The van der Waals surface area contributed by atoms with Gasteiger partial charge in [-0.3, -0.25) is 28.8 Å². The summed E-state index contributed by atoms with van der Waals surface area (Å²) < 4.78 is 0.714. The molecule has 270 valence electrons. The van der Waals surface area contributed by atoms with Crippen LogP contribution in [-0.4, -0.2) is 110 Å². The van der Waals surface area contributed by atoms with Crippen LogP contribution in [0, 0.1) is 11.8 Å². The van der Waals surface area contributed by atoms with Gasteiger partial charge in [0.05, 0.1) is 34.3 Å². The number of unbranched alkanes of at least 4 members (excludes halogenated alkanes) is 1. The Hall–Kier alpha value is -4.04. The fourth-order valence-electron chi connectivity index (χ4n) is 5.01. The Kier molecular flexibility index (Phi) is 17.8. The van der Waals surface area contributed by atoms with E-state index in [1.54, 1.807) is 13.8 Å². The number of aliphatic hydroxyl groups is 1. The van der Waals surface area contributed by atoms with Crippen LogP contribution in [0.15, 0.2) is 30.3 Å². The summed E-state index contributed by atoms with van der Waals surface area (Å²) in [6, 6.07) is 3.73. The summed E-state index contributed by atoms with van der Waals surface area (Å²) in [6.45, 7) is 8.69. The minimum atomic E-state index is -1.33. The van der Waals surface area contributed by atoms with Gasteiger partial charge in [-0.05, 0) is 43.1 Å². The summed E-state index contributed by atoms with van der Waals surface area (Å²) in [6.07, 6.45) is 2.02. The van der Waals surface area contributed by atoms with Crippen LogP contribution < -0.4 is 32.3 Å². The Bertz CT molecular complexity index is 1220. The van der Waals surface area contributed by atoms with Crippen molar-refractivity contribution in [1.82, 2.24) is 26.6 Å². The molecule has 48 heavy (non-hydrogen) atoms. The number of carbonyl (C=O) groups is 6. The van der Waals surface area contributed by atoms with Crippen LogP contribution >= 0.6 is 0 Å². The highest BCUT2D eigenvalue weighted by Crippen LogP contribution is 2.12. The van der Waals surface area contributed by atoms with Gasteiger partial charge in [0.25, 0.3) is 0 Å². The average molecular weight is 677 g/mol. The van der Waals surface area contributed by atoms with Crippen LogP contribution in [0.1, 0.15) is 65.9 Å². The van der Waals surface area contributed by atoms with Gasteiger partial charge in [0.15, 0.2) is 0 Å². The lowest BCUT2D eigenvalue weighted by Gasteiger charge is -2.29. The lowest BCUT2D eigenvalue weighted by molar-refractivity contribution is -0.870. The summed E-state index contributed by atoms with van der Waals surface area (Å²) >= 11 is 0. The average Bonchev–Trinajstić information content (AvgIpc) is 2.98. The molecule has 0 saturated heterocycles. The summed E-state index contributed by atoms with van der Waals surface area (Å²) in [5.74, 6) is -4.18. The number of aliphatic hydroxyl groups excluding tert-OH is 1. The van der Waals surface area contributed by atoms with E-state index in [-0.39, 0.29) is 31.1 Å². The first kappa shape index (κ1) is 42.0. The molecule has 1 aromatic rings. The topological polar surface area (TPSA) is 209 Å². The molecule has 0 aromatic heterocycles. The van der Waals surface area contributed by atoms with E-state index in [9.17, 15) is 33.9 Å². The Morgan fingerprint density at radius 3 is 1.77 bits per heavy atom. The highest BCUT2D eigenvalue weighted by molar-refractivity contribution is 5.96. The number of hydrogen-bond donors (Lipinski definition) is 7. The summed E-state index contributed by atoms with van der Waals surface area (Å²) in [5.41, 5.74) is 6.11. The first-order valence-corrected chi connectivity index (χ1v) is 16.6. The van der Waals surface area contributed by atoms with Gasteiger partial charge in [-0.1, -0.05) is 58.0 Å². The van der Waals surface area contributed by atoms with Gasteiger partial charge in [-0.2, -0.15) is 0 Å². The molecule has 6 amide bonds. The van der Waals surface area contributed by atoms with E-state index in [1.807, 2.05) is 65.3 Å². The molecule has 0 aliphatic carbocycles. The molecule has 5 atom stereocenters. The molecule has 0 aliphatic rings. The molecule has 0 heterocycles. The van der Waals surface area contributed by atoms with Crippen molar-refractivity contribution in [2.24, 2.45) is 17.6 Å². The van der Waals surface area contributed by atoms with Gasteiger partial charge in [-0.15, -0.1) is 0 Å². The summed E-state index contributed by atoms with van der Waals surface area (Å²) in [7, 11) is 6.12. The number of carbonyl (C=O) groups excluding carboxylic acids is 6. The van der Waals surface area contributed by atoms with Crippen LogP contribution in [-0.2, 0) is 35.2 Å². The minimum absolute atomic E-state index is 0.0337. The zero-order valence-corrected chi connectivity index (χ0v) is 29.8. The second-order valence-electron chi connectivity index (χ2n) is 14.1. The Labute approximate surface area is 284 Å². The van der Waals surface area contributed by atoms with Gasteiger partial charge in [0.1, 0.15) is 30.2 Å². The van der Waals surface area contributed by atoms with Gasteiger partial charge >= 0.3 is 0 Å². The molecule has 0 spiro atoms. The van der Waals surface area contributed by atoms with Crippen LogP contribution in [0.5, 0.6) is 0 Å². The quantitative estimate of drug-likeness (QED) is 0.0684. The lowest BCUT2D eigenvalue weighted by Crippen LogP contribution is -2.60. The van der Waals surface area contributed by atoms with Crippen molar-refractivity contribution in [1.29, 1.82) is 0 Å². The normalized spacial score (nSPS) is 14.6. The number of benzene rings is 1. The van der Waals surface area contributed by atoms with E-state index in [0.29, 0.717) is 10.9 Å². The lowest BCUT2D eigenvalue weighted by atomic mass is 9.98. The molecule has 0 aliphatic heterocycles. The molecule has 0 bridgehead atoms. The second-order valence-corrected chi connectivity index (χ2v) is 14.1. The molecular formula is C34H58N7O7+. The number of rotatable bonds is 21. The number of primary amides is 1. The van der Waals surface area contributed by atoms with Gasteiger partial charge < -0.3 is 41.9 Å². The fourth-order valence-corrected chi connectivity index (χ4v) is 5.01. The zero-order valence-electron chi connectivity index (χ0n) is 29.8. The molecule has 1 rings (SSSR count). The van der Waals surface area contributed by atoms with Gasteiger partial charge in [-0.25, -0.2) is 0 Å². The maximum absolute atomic E-state index is 13.7. The monoisotopic (exact) mass is 676 g/mol. The predicted molar refractivity (Wildman–Crippen MR) is 183 cm³/mol. The third-order valence-electron chi connectivity index (χ3n) is 7.61. The maximum Gasteiger partial charge on any atom is 0.243 e. The van der Waals surface area contributed by atoms with Crippen molar-refractivity contribution in [3.8, 4) is 0 Å². The second kappa shape index (κ2) is 20.4. The van der Waals surface area contributed by atoms with E-state index in [0.717, 1.165) is 18.5 Å². The first-order valence-electron chi connectivity index (χ1n) is 16.6. The van der Waals surface area contributed by atoms with Crippen LogP contribution in [0.3, 0.4) is 0 Å². The smallest absolute Gasteiger partial charge is 0.243 e. The van der Waals surface area contributed by atoms with E-state index in [2.05, 4.69) is 26.6 Å². The fraction of sp³-hybridized carbons (Fsp3) is 0.647. The number of quaternary nitrogens is 1. The SMILES string of the molecule is CC(=O)N[C@@H](Cc1ccccc1)C(=O)N[C@H](C(=O)N[C@@H](CC(C)C)C(=O)N[C@@H](CCCC[N+](C)(C)C)C(=O)N[C@@H](CO)C(N)=O)C(C)C. The molecule has 14 heteroatoms. The summed E-state index contributed by atoms with van der Waals surface area (Å²) in [4.78, 5) is 77.5. The molecule has 0 radical (unpaired) electrons. The Morgan fingerprint density at radius 1 is 0.729 bits per heavy atom. The van der Waals surface area contributed by atoms with Crippen molar-refractivity contribution >= 4 is 35.4 Å². The number of hydrogen-bond acceptors (Lipinski definition) is 7. The van der Waals surface area contributed by atoms with Crippen molar-refractivity contribution in [3.05, 3.63) is 35.9 Å². The van der Waals surface area contributed by atoms with Gasteiger partial charge in [0.2, 0.25) is 35.4 Å². The molecule has 0 saturated carbocycles. The van der Waals surface area contributed by atoms with Crippen molar-refractivity contribution in [3.63, 3.8) is 0 Å². The minimum Gasteiger partial charge on any atom is -0.394 e. The van der Waals surface area contributed by atoms with Crippen LogP contribution in [0.25, 0.3) is 0 Å². The molecular weight excluding hydrogens is 618 g/mol. The highest BCUT2D eigenvalue weighted by atomic mass is 16.3. The predicted octanol–water partition coefficient (Wildman–Crippen LogP) is -0.271. The Balaban J connectivity index is 3.18. The van der Waals surface area contributed by atoms with Crippen LogP contribution in [0.2, 0.25) is 0 Å². The molecule has 1 aromatic carbocycles. The zero-order chi connectivity index (χ0) is 36.6.